The van der Waals surface area contributed by atoms with E-state index in [1.807, 2.05) is 43.3 Å². The molecule has 0 spiro atoms. The van der Waals surface area contributed by atoms with Gasteiger partial charge in [-0.3, -0.25) is 0 Å². The van der Waals surface area contributed by atoms with E-state index >= 15 is 0 Å². The molecule has 0 amide bonds. The van der Waals surface area contributed by atoms with Gasteiger partial charge >= 0.3 is 0 Å². The van der Waals surface area contributed by atoms with E-state index < -0.39 is 0 Å². The zero-order valence-electron chi connectivity index (χ0n) is 16.6. The third-order valence-electron chi connectivity index (χ3n) is 4.63. The van der Waals surface area contributed by atoms with Gasteiger partial charge in [-0.25, -0.2) is 9.97 Å². The van der Waals surface area contributed by atoms with Gasteiger partial charge in [0.25, 0.3) is 0 Å². The van der Waals surface area contributed by atoms with E-state index in [4.69, 9.17) is 14.2 Å². The Morgan fingerprint density at radius 2 is 1.62 bits per heavy atom. The van der Waals surface area contributed by atoms with Crippen LogP contribution >= 0.6 is 0 Å². The van der Waals surface area contributed by atoms with E-state index in [2.05, 4.69) is 32.7 Å². The molecule has 7 nitrogen and oxygen atoms in total. The summed E-state index contributed by atoms with van der Waals surface area (Å²) in [6, 6.07) is 15.9. The minimum absolute atomic E-state index is 0.281. The van der Waals surface area contributed by atoms with Crippen LogP contribution in [0.25, 0.3) is 0 Å². The molecule has 7 heteroatoms. The monoisotopic (exact) mass is 392 g/mol. The number of hydrogen-bond donors (Lipinski definition) is 2. The van der Waals surface area contributed by atoms with Gasteiger partial charge in [-0.05, 0) is 48.7 Å². The van der Waals surface area contributed by atoms with Gasteiger partial charge in [-0.15, -0.1) is 0 Å². The Bertz CT molecular complexity index is 976. The van der Waals surface area contributed by atoms with E-state index in [0.29, 0.717) is 12.4 Å². The van der Waals surface area contributed by atoms with Crippen molar-refractivity contribution in [2.24, 2.45) is 0 Å². The van der Waals surface area contributed by atoms with Crippen LogP contribution in [0.3, 0.4) is 0 Å². The molecule has 29 heavy (non-hydrogen) atoms. The summed E-state index contributed by atoms with van der Waals surface area (Å²) in [5.74, 6) is 4.74. The number of rotatable bonds is 8. The summed E-state index contributed by atoms with van der Waals surface area (Å²) in [5, 5.41) is 6.73. The molecule has 0 atom stereocenters. The molecule has 1 aliphatic heterocycles. The Morgan fingerprint density at radius 1 is 0.897 bits per heavy atom. The lowest BCUT2D eigenvalue weighted by molar-refractivity contribution is 0.174. The number of nitrogens with one attached hydrogen (secondary N) is 2. The van der Waals surface area contributed by atoms with Gasteiger partial charge in [0, 0.05) is 19.2 Å². The van der Waals surface area contributed by atoms with Crippen molar-refractivity contribution in [3.63, 3.8) is 0 Å². The molecule has 0 fully saturated rings. The number of aryl methyl sites for hydroxylation is 1. The summed E-state index contributed by atoms with van der Waals surface area (Å²) in [4.78, 5) is 8.95. The second-order valence-corrected chi connectivity index (χ2v) is 6.75. The number of nitrogens with zero attached hydrogens (tertiary/aromatic N) is 2. The minimum Gasteiger partial charge on any atom is -0.497 e. The first-order valence-electron chi connectivity index (χ1n) is 9.54. The van der Waals surface area contributed by atoms with Gasteiger partial charge in [0.1, 0.15) is 23.2 Å². The number of ether oxygens (including phenoxy) is 3. The molecule has 0 unspecified atom stereocenters. The minimum atomic E-state index is 0.281. The highest BCUT2D eigenvalue weighted by atomic mass is 16.7. The average molecular weight is 392 g/mol. The zero-order chi connectivity index (χ0) is 20.1. The van der Waals surface area contributed by atoms with Crippen molar-refractivity contribution in [3.05, 3.63) is 65.5 Å². The highest BCUT2D eigenvalue weighted by Gasteiger charge is 2.13. The van der Waals surface area contributed by atoms with Gasteiger partial charge in [0.15, 0.2) is 11.5 Å². The molecule has 150 valence electrons. The quantitative estimate of drug-likeness (QED) is 0.604. The fraction of sp³-hybridized carbons (Fsp3) is 0.273. The van der Waals surface area contributed by atoms with Crippen LogP contribution in [0.1, 0.15) is 17.0 Å². The summed E-state index contributed by atoms with van der Waals surface area (Å²) < 4.78 is 16.0. The van der Waals surface area contributed by atoms with Crippen molar-refractivity contribution >= 4 is 11.6 Å². The SMILES string of the molecule is COc1ccc(CCNc2cc(NCc3ccc4c(c3)OCO4)nc(C)n2)cc1. The maximum Gasteiger partial charge on any atom is 0.231 e. The number of methoxy groups -OCH3 is 1. The topological polar surface area (TPSA) is 77.5 Å². The van der Waals surface area contributed by atoms with Gasteiger partial charge in [0.05, 0.1) is 7.11 Å². The summed E-state index contributed by atoms with van der Waals surface area (Å²) in [6.07, 6.45) is 0.896. The predicted molar refractivity (Wildman–Crippen MR) is 112 cm³/mol. The normalized spacial score (nSPS) is 11.9. The van der Waals surface area contributed by atoms with Gasteiger partial charge in [-0.2, -0.15) is 0 Å². The van der Waals surface area contributed by atoms with Crippen LogP contribution in [0.15, 0.2) is 48.5 Å². The van der Waals surface area contributed by atoms with Crippen molar-refractivity contribution in [2.75, 3.05) is 31.1 Å². The first kappa shape index (κ1) is 18.9. The van der Waals surface area contributed by atoms with Crippen molar-refractivity contribution in [1.29, 1.82) is 0 Å². The van der Waals surface area contributed by atoms with Gasteiger partial charge in [0.2, 0.25) is 6.79 Å². The van der Waals surface area contributed by atoms with Crippen LogP contribution in [-0.4, -0.2) is 30.4 Å². The largest absolute Gasteiger partial charge is 0.497 e. The van der Waals surface area contributed by atoms with E-state index in [1.165, 1.54) is 5.56 Å². The molecule has 0 bridgehead atoms. The van der Waals surface area contributed by atoms with E-state index in [9.17, 15) is 0 Å². The van der Waals surface area contributed by atoms with E-state index in [-0.39, 0.29) is 6.79 Å². The molecule has 4 rings (SSSR count). The van der Waals surface area contributed by atoms with Crippen LogP contribution in [0.2, 0.25) is 0 Å². The predicted octanol–water partition coefficient (Wildman–Crippen LogP) is 3.79. The van der Waals surface area contributed by atoms with Gasteiger partial charge in [-0.1, -0.05) is 18.2 Å². The molecule has 0 aliphatic carbocycles. The Balaban J connectivity index is 1.33. The smallest absolute Gasteiger partial charge is 0.231 e. The van der Waals surface area contributed by atoms with Crippen LogP contribution in [0, 0.1) is 6.92 Å². The molecular weight excluding hydrogens is 368 g/mol. The fourth-order valence-electron chi connectivity index (χ4n) is 3.12. The third-order valence-corrected chi connectivity index (χ3v) is 4.63. The number of benzene rings is 2. The fourth-order valence-corrected chi connectivity index (χ4v) is 3.12. The number of anilines is 2. The molecular formula is C22H24N4O3. The third kappa shape index (κ3) is 4.87. The second kappa shape index (κ2) is 8.68. The molecule has 1 aliphatic rings. The molecule has 3 aromatic rings. The highest BCUT2D eigenvalue weighted by Crippen LogP contribution is 2.32. The van der Waals surface area contributed by atoms with E-state index in [1.54, 1.807) is 7.11 Å². The van der Waals surface area contributed by atoms with Crippen molar-refractivity contribution in [3.8, 4) is 17.2 Å². The van der Waals surface area contributed by atoms with E-state index in [0.717, 1.165) is 47.4 Å². The van der Waals surface area contributed by atoms with Crippen LogP contribution in [0.5, 0.6) is 17.2 Å². The average Bonchev–Trinajstić information content (AvgIpc) is 3.20. The number of aromatic nitrogens is 2. The Kier molecular flexibility index (Phi) is 5.65. The molecule has 2 heterocycles. The molecule has 0 radical (unpaired) electrons. The summed E-state index contributed by atoms with van der Waals surface area (Å²) in [7, 11) is 1.67. The first-order chi connectivity index (χ1) is 14.2. The standard InChI is InChI=1S/C22H24N4O3/c1-15-25-21(23-10-9-16-3-6-18(27-2)7-4-16)12-22(26-15)24-13-17-5-8-19-20(11-17)29-14-28-19/h3-8,11-12H,9-10,13-14H2,1-2H3,(H2,23,24,25,26). The number of hydrogen-bond acceptors (Lipinski definition) is 7. The lowest BCUT2D eigenvalue weighted by Gasteiger charge is -2.11. The summed E-state index contributed by atoms with van der Waals surface area (Å²) >= 11 is 0. The summed E-state index contributed by atoms with van der Waals surface area (Å²) in [5.41, 5.74) is 2.34. The van der Waals surface area contributed by atoms with Crippen molar-refractivity contribution in [2.45, 2.75) is 19.9 Å². The van der Waals surface area contributed by atoms with Crippen LogP contribution in [-0.2, 0) is 13.0 Å². The summed E-state index contributed by atoms with van der Waals surface area (Å²) in [6.45, 7) is 3.59. The maximum absolute atomic E-state index is 5.43. The second-order valence-electron chi connectivity index (χ2n) is 6.75. The Hall–Kier alpha value is -3.48. The lowest BCUT2D eigenvalue weighted by atomic mass is 10.1. The maximum atomic E-state index is 5.43. The Labute approximate surface area is 170 Å². The molecule has 2 aromatic carbocycles. The molecule has 0 saturated carbocycles. The number of fused-ring (bicyclic) bond motifs is 1. The Morgan fingerprint density at radius 3 is 2.41 bits per heavy atom. The zero-order valence-corrected chi connectivity index (χ0v) is 16.6. The van der Waals surface area contributed by atoms with Crippen LogP contribution in [0.4, 0.5) is 11.6 Å². The van der Waals surface area contributed by atoms with Crippen molar-refractivity contribution < 1.29 is 14.2 Å². The van der Waals surface area contributed by atoms with Gasteiger partial charge < -0.3 is 24.8 Å². The van der Waals surface area contributed by atoms with Crippen molar-refractivity contribution in [1.82, 2.24) is 9.97 Å². The molecule has 0 saturated heterocycles. The molecule has 2 N–H and O–H groups in total. The molecule has 1 aromatic heterocycles. The lowest BCUT2D eigenvalue weighted by Crippen LogP contribution is -2.09. The first-order valence-corrected chi connectivity index (χ1v) is 9.54. The highest BCUT2D eigenvalue weighted by molar-refractivity contribution is 5.49. The van der Waals surface area contributed by atoms with Crippen LogP contribution < -0.4 is 24.8 Å².